The molecule has 0 N–H and O–H groups in total. The third kappa shape index (κ3) is 5.04. The third-order valence-electron chi connectivity index (χ3n) is 3.75. The van der Waals surface area contributed by atoms with E-state index in [-0.39, 0.29) is 29.9 Å². The fourth-order valence-electron chi connectivity index (χ4n) is 2.51. The van der Waals surface area contributed by atoms with Gasteiger partial charge in [-0.3, -0.25) is 0 Å². The van der Waals surface area contributed by atoms with Crippen molar-refractivity contribution < 1.29 is 28.3 Å². The van der Waals surface area contributed by atoms with Gasteiger partial charge in [-0.25, -0.2) is 8.78 Å². The van der Waals surface area contributed by atoms with Crippen LogP contribution in [0.25, 0.3) is 11.1 Å². The molecule has 0 aliphatic heterocycles. The van der Waals surface area contributed by atoms with Crippen LogP contribution in [0.1, 0.15) is 16.7 Å². The molecule has 0 saturated carbocycles. The van der Waals surface area contributed by atoms with Crippen LogP contribution in [0.2, 0.25) is 0 Å². The number of aryl methyl sites for hydroxylation is 1. The smallest absolute Gasteiger partial charge is 0.206 e. The zero-order valence-electron chi connectivity index (χ0n) is 14.2. The Labute approximate surface area is 174 Å². The molecular weight excluding hydrogens is 449 g/mol. The third-order valence-corrected chi connectivity index (χ3v) is 4.32. The molecule has 3 rings (SSSR count). The summed E-state index contributed by atoms with van der Waals surface area (Å²) < 4.78 is 28.7. The number of benzene rings is 3. The van der Waals surface area contributed by atoms with Crippen molar-refractivity contribution in [3.63, 3.8) is 0 Å². The zero-order valence-corrected chi connectivity index (χ0v) is 16.7. The van der Waals surface area contributed by atoms with E-state index in [1.54, 1.807) is 30.3 Å². The number of nitriles is 1. The molecule has 27 heavy (non-hydrogen) atoms. The van der Waals surface area contributed by atoms with Crippen LogP contribution < -0.4 is 0 Å². The molecule has 0 spiro atoms. The van der Waals surface area contributed by atoms with Crippen LogP contribution in [0, 0.1) is 47.1 Å². The summed E-state index contributed by atoms with van der Waals surface area (Å²) in [5.41, 5.74) is 2.82. The van der Waals surface area contributed by atoms with Gasteiger partial charge in [0.1, 0.15) is 17.0 Å². The van der Waals surface area contributed by atoms with Crippen molar-refractivity contribution in [2.75, 3.05) is 0 Å². The Morgan fingerprint density at radius 2 is 1.63 bits per heavy atom. The van der Waals surface area contributed by atoms with Gasteiger partial charge in [0.2, 0.25) is 0 Å². The van der Waals surface area contributed by atoms with Gasteiger partial charge in [-0.2, -0.15) is 35.6 Å². The molecule has 0 atom stereocenters. The van der Waals surface area contributed by atoms with E-state index >= 15 is 0 Å². The predicted molar refractivity (Wildman–Crippen MR) is 99.3 cm³/mol. The molecule has 0 saturated heterocycles. The van der Waals surface area contributed by atoms with Crippen molar-refractivity contribution in [1.82, 2.24) is 0 Å². The molecule has 0 heterocycles. The molecule has 1 nitrogen and oxygen atoms in total. The summed E-state index contributed by atoms with van der Waals surface area (Å²) in [4.78, 5) is 0.241. The van der Waals surface area contributed by atoms with Crippen molar-refractivity contribution in [2.24, 2.45) is 0 Å². The number of hydrogen-bond acceptors (Lipinski definition) is 2. The molecule has 0 fully saturated rings. The average Bonchev–Trinajstić information content (AvgIpc) is 2.61. The van der Waals surface area contributed by atoms with Gasteiger partial charge in [0, 0.05) is 10.5 Å². The summed E-state index contributed by atoms with van der Waals surface area (Å²) in [6, 6.07) is 17.7. The molecule has 133 valence electrons. The van der Waals surface area contributed by atoms with Crippen LogP contribution in [0.5, 0.6) is 0 Å². The molecule has 0 aliphatic rings. The number of thioether (sulfide) groups is 1. The maximum absolute atomic E-state index is 14.3. The second-order valence-corrected chi connectivity index (χ2v) is 6.38. The fraction of sp³-hybridized carbons (Fsp3) is 0.0455. The van der Waals surface area contributed by atoms with Gasteiger partial charge in [0.15, 0.2) is 0 Å². The van der Waals surface area contributed by atoms with Crippen LogP contribution in [-0.2, 0) is 19.5 Å². The monoisotopic (exact) mass is 462 g/mol. The second-order valence-electron chi connectivity index (χ2n) is 5.52. The van der Waals surface area contributed by atoms with Gasteiger partial charge in [-0.15, -0.1) is 0 Å². The van der Waals surface area contributed by atoms with Crippen molar-refractivity contribution in [3.05, 3.63) is 89.0 Å². The van der Waals surface area contributed by atoms with Crippen molar-refractivity contribution in [1.29, 1.82) is 5.26 Å². The average molecular weight is 461 g/mol. The molecular formula is C22H12F2NRuS. The summed E-state index contributed by atoms with van der Waals surface area (Å²) in [6.45, 7) is 1.85. The summed E-state index contributed by atoms with van der Waals surface area (Å²) in [6.07, 6.45) is 0. The molecule has 0 aromatic heterocycles. The van der Waals surface area contributed by atoms with E-state index in [1.807, 2.05) is 24.5 Å². The summed E-state index contributed by atoms with van der Waals surface area (Å²) in [7, 11) is 0. The Kier molecular flexibility index (Phi) is 7.31. The SMILES string of the molecule is Cc1cc(-c2c(F)cc(SC#N)cc2F)ccc1C#Cc1cc[c-]cc1.[Ru+]. The van der Waals surface area contributed by atoms with Gasteiger partial charge >= 0.3 is 19.5 Å². The minimum atomic E-state index is -0.693. The van der Waals surface area contributed by atoms with Crippen molar-refractivity contribution in [3.8, 4) is 28.4 Å². The van der Waals surface area contributed by atoms with Crippen molar-refractivity contribution in [2.45, 2.75) is 11.8 Å². The van der Waals surface area contributed by atoms with Crippen LogP contribution in [0.3, 0.4) is 0 Å². The topological polar surface area (TPSA) is 23.8 Å². The van der Waals surface area contributed by atoms with Gasteiger partial charge in [-0.1, -0.05) is 23.5 Å². The Morgan fingerprint density at radius 1 is 0.963 bits per heavy atom. The van der Waals surface area contributed by atoms with Gasteiger partial charge in [0.25, 0.3) is 0 Å². The summed E-state index contributed by atoms with van der Waals surface area (Å²) >= 11 is 0.723. The molecule has 0 unspecified atom stereocenters. The van der Waals surface area contributed by atoms with Gasteiger partial charge in [-0.05, 0) is 54.1 Å². The number of rotatable bonds is 2. The fourth-order valence-corrected chi connectivity index (χ4v) is 2.94. The van der Waals surface area contributed by atoms with E-state index in [1.165, 1.54) is 12.1 Å². The van der Waals surface area contributed by atoms with E-state index < -0.39 is 11.6 Å². The standard InChI is InChI=1S/C22H12F2NS.Ru/c1-15-11-18(22-20(23)12-19(26-14-25)13-21(22)24)10-9-17(15)8-7-16-5-3-2-4-6-16;/h3-6,9-13H,1H3;/q-1;+1. The molecule has 3 aromatic carbocycles. The van der Waals surface area contributed by atoms with E-state index in [0.29, 0.717) is 5.56 Å². The molecule has 0 bridgehead atoms. The van der Waals surface area contributed by atoms with Crippen LogP contribution >= 0.6 is 11.8 Å². The largest absolute Gasteiger partial charge is 1.00 e. The minimum Gasteiger partial charge on any atom is -0.206 e. The van der Waals surface area contributed by atoms with Gasteiger partial charge < -0.3 is 0 Å². The quantitative estimate of drug-likeness (QED) is 0.160. The van der Waals surface area contributed by atoms with E-state index in [0.717, 1.165) is 28.5 Å². The van der Waals surface area contributed by atoms with E-state index in [4.69, 9.17) is 5.26 Å². The number of nitrogens with zero attached hydrogens (tertiary/aromatic N) is 1. The molecule has 0 amide bonds. The van der Waals surface area contributed by atoms with Crippen LogP contribution in [0.15, 0.2) is 59.5 Å². The first-order valence-corrected chi connectivity index (χ1v) is 8.54. The van der Waals surface area contributed by atoms with Gasteiger partial charge in [0.05, 0.1) is 5.56 Å². The molecule has 3 aromatic rings. The predicted octanol–water partition coefficient (Wildman–Crippen LogP) is 5.71. The summed E-state index contributed by atoms with van der Waals surface area (Å²) in [5, 5.41) is 10.4. The molecule has 1 radical (unpaired) electrons. The van der Waals surface area contributed by atoms with E-state index in [9.17, 15) is 8.78 Å². The second kappa shape index (κ2) is 9.47. The number of hydrogen-bond donors (Lipinski definition) is 0. The van der Waals surface area contributed by atoms with Crippen LogP contribution in [0.4, 0.5) is 8.78 Å². The Balaban J connectivity index is 0.00000261. The maximum atomic E-state index is 14.3. The number of halogens is 2. The first-order chi connectivity index (χ1) is 12.6. The summed E-state index contributed by atoms with van der Waals surface area (Å²) in [5.74, 6) is 4.74. The molecule has 5 heteroatoms. The number of thiocyanates is 1. The minimum absolute atomic E-state index is 0. The molecule has 0 aliphatic carbocycles. The first-order valence-electron chi connectivity index (χ1n) is 7.72. The first kappa shape index (κ1) is 20.9. The Hall–Kier alpha value is -2.46. The zero-order chi connectivity index (χ0) is 18.5. The van der Waals surface area contributed by atoms with Crippen molar-refractivity contribution >= 4 is 11.8 Å². The Bertz CT molecular complexity index is 1040. The maximum Gasteiger partial charge on any atom is 1.00 e. The normalized spacial score (nSPS) is 9.56. The van der Waals surface area contributed by atoms with E-state index in [2.05, 4.69) is 17.9 Å². The Morgan fingerprint density at radius 3 is 2.22 bits per heavy atom. The van der Waals surface area contributed by atoms with Crippen LogP contribution in [-0.4, -0.2) is 0 Å².